The molecule has 0 radical (unpaired) electrons. The molecule has 4 rings (SSSR count). The molecular formula is C20H27Cl2NO3. The van der Waals surface area contributed by atoms with E-state index in [0.717, 1.165) is 38.5 Å². The zero-order valence-electron chi connectivity index (χ0n) is 15.3. The SMILES string of the molecule is CN(C(=O)CCCOc1ccc(Cl)cc1Cl)C12CCC(CO)(CC1)CC2. The third-order valence-electron chi connectivity index (χ3n) is 6.47. The molecule has 3 aliphatic carbocycles. The summed E-state index contributed by atoms with van der Waals surface area (Å²) >= 11 is 12.0. The van der Waals surface area contributed by atoms with Crippen LogP contribution in [0.2, 0.25) is 10.0 Å². The number of nitrogens with zero attached hydrogens (tertiary/aromatic N) is 1. The van der Waals surface area contributed by atoms with Gasteiger partial charge in [0.15, 0.2) is 0 Å². The summed E-state index contributed by atoms with van der Waals surface area (Å²) in [5, 5.41) is 10.7. The molecule has 4 nitrogen and oxygen atoms in total. The van der Waals surface area contributed by atoms with Gasteiger partial charge in [-0.3, -0.25) is 4.79 Å². The molecule has 6 heteroatoms. The zero-order chi connectivity index (χ0) is 18.8. The van der Waals surface area contributed by atoms with Gasteiger partial charge in [-0.2, -0.15) is 0 Å². The molecule has 0 spiro atoms. The van der Waals surface area contributed by atoms with E-state index in [4.69, 9.17) is 27.9 Å². The van der Waals surface area contributed by atoms with Crippen LogP contribution in [0.15, 0.2) is 18.2 Å². The lowest BCUT2D eigenvalue weighted by Gasteiger charge is -2.56. The number of carbonyl (C=O) groups excluding carboxylic acids is 1. The number of hydrogen-bond acceptors (Lipinski definition) is 3. The first kappa shape index (κ1) is 19.8. The molecule has 1 N–H and O–H groups in total. The maximum atomic E-state index is 12.7. The van der Waals surface area contributed by atoms with Gasteiger partial charge in [0.2, 0.25) is 5.91 Å². The molecular weight excluding hydrogens is 373 g/mol. The molecule has 0 aliphatic heterocycles. The second-order valence-corrected chi connectivity index (χ2v) is 8.71. The van der Waals surface area contributed by atoms with Crippen molar-refractivity contribution in [3.63, 3.8) is 0 Å². The average Bonchev–Trinajstić information content (AvgIpc) is 2.67. The first-order valence-corrected chi connectivity index (χ1v) is 10.1. The van der Waals surface area contributed by atoms with Crippen LogP contribution in [0.1, 0.15) is 51.4 Å². The number of rotatable bonds is 7. The van der Waals surface area contributed by atoms with Crippen molar-refractivity contribution in [3.8, 4) is 5.75 Å². The second kappa shape index (κ2) is 7.95. The van der Waals surface area contributed by atoms with Crippen molar-refractivity contribution >= 4 is 29.1 Å². The van der Waals surface area contributed by atoms with Gasteiger partial charge in [0.25, 0.3) is 0 Å². The fraction of sp³-hybridized carbons (Fsp3) is 0.650. The minimum Gasteiger partial charge on any atom is -0.492 e. The maximum absolute atomic E-state index is 12.7. The van der Waals surface area contributed by atoms with Gasteiger partial charge < -0.3 is 14.7 Å². The number of amides is 1. The van der Waals surface area contributed by atoms with Gasteiger partial charge in [0.1, 0.15) is 5.75 Å². The highest BCUT2D eigenvalue weighted by atomic mass is 35.5. The number of aliphatic hydroxyl groups excluding tert-OH is 1. The Bertz CT molecular complexity index is 640. The van der Waals surface area contributed by atoms with Crippen LogP contribution in [0.25, 0.3) is 0 Å². The van der Waals surface area contributed by atoms with E-state index in [9.17, 15) is 9.90 Å². The fourth-order valence-corrected chi connectivity index (χ4v) is 4.88. The Morgan fingerprint density at radius 3 is 2.42 bits per heavy atom. The van der Waals surface area contributed by atoms with Crippen LogP contribution in [0.3, 0.4) is 0 Å². The van der Waals surface area contributed by atoms with Gasteiger partial charge in [-0.1, -0.05) is 23.2 Å². The topological polar surface area (TPSA) is 49.8 Å². The van der Waals surface area contributed by atoms with Crippen LogP contribution >= 0.6 is 23.2 Å². The molecule has 26 heavy (non-hydrogen) atoms. The van der Waals surface area contributed by atoms with Crippen LogP contribution in [-0.2, 0) is 4.79 Å². The van der Waals surface area contributed by atoms with Crippen molar-refractivity contribution in [2.75, 3.05) is 20.3 Å². The molecule has 0 aromatic heterocycles. The van der Waals surface area contributed by atoms with E-state index in [0.29, 0.717) is 35.2 Å². The van der Waals surface area contributed by atoms with Crippen LogP contribution in [-0.4, -0.2) is 41.7 Å². The lowest BCUT2D eigenvalue weighted by molar-refractivity contribution is -0.144. The molecule has 0 saturated heterocycles. The standard InChI is InChI=1S/C20H27Cl2NO3/c1-23(20-9-6-19(14-24,7-10-20)8-11-20)18(25)3-2-12-26-17-5-4-15(21)13-16(17)22/h4-5,13,24H,2-3,6-12,14H2,1H3. The van der Waals surface area contributed by atoms with Crippen LogP contribution in [0.4, 0.5) is 0 Å². The van der Waals surface area contributed by atoms with Crippen LogP contribution < -0.4 is 4.74 Å². The molecule has 3 fully saturated rings. The highest BCUT2D eigenvalue weighted by Gasteiger charge is 2.51. The Kier molecular flexibility index (Phi) is 6.05. The third kappa shape index (κ3) is 3.97. The molecule has 0 atom stereocenters. The van der Waals surface area contributed by atoms with E-state index in [1.54, 1.807) is 18.2 Å². The number of aliphatic hydroxyl groups is 1. The average molecular weight is 400 g/mol. The Balaban J connectivity index is 1.46. The molecule has 2 bridgehead atoms. The Labute approximate surface area is 165 Å². The summed E-state index contributed by atoms with van der Waals surface area (Å²) in [4.78, 5) is 14.6. The predicted octanol–water partition coefficient (Wildman–Crippen LogP) is 4.70. The summed E-state index contributed by atoms with van der Waals surface area (Å²) in [6.07, 6.45) is 7.22. The summed E-state index contributed by atoms with van der Waals surface area (Å²) in [6, 6.07) is 5.13. The van der Waals surface area contributed by atoms with Crippen LogP contribution in [0, 0.1) is 5.41 Å². The van der Waals surface area contributed by atoms with Crippen molar-refractivity contribution in [2.45, 2.75) is 56.9 Å². The van der Waals surface area contributed by atoms with Gasteiger partial charge in [0.05, 0.1) is 11.6 Å². The summed E-state index contributed by atoms with van der Waals surface area (Å²) in [6.45, 7) is 0.729. The first-order valence-electron chi connectivity index (χ1n) is 9.35. The molecule has 3 aliphatic rings. The van der Waals surface area contributed by atoms with E-state index in [1.165, 1.54) is 0 Å². The monoisotopic (exact) mass is 399 g/mol. The number of carbonyl (C=O) groups is 1. The molecule has 1 aromatic carbocycles. The molecule has 1 amide bonds. The zero-order valence-corrected chi connectivity index (χ0v) is 16.8. The number of hydrogen-bond donors (Lipinski definition) is 1. The van der Waals surface area contributed by atoms with E-state index in [-0.39, 0.29) is 23.5 Å². The Hall–Kier alpha value is -0.970. The van der Waals surface area contributed by atoms with Gasteiger partial charge in [-0.15, -0.1) is 0 Å². The normalized spacial score (nSPS) is 27.4. The maximum Gasteiger partial charge on any atom is 0.222 e. The molecule has 1 aromatic rings. The van der Waals surface area contributed by atoms with Gasteiger partial charge in [-0.25, -0.2) is 0 Å². The van der Waals surface area contributed by atoms with Crippen molar-refractivity contribution in [1.82, 2.24) is 4.90 Å². The number of benzene rings is 1. The molecule has 3 saturated carbocycles. The van der Waals surface area contributed by atoms with E-state index >= 15 is 0 Å². The van der Waals surface area contributed by atoms with Gasteiger partial charge in [-0.05, 0) is 68.6 Å². The Morgan fingerprint density at radius 1 is 1.19 bits per heavy atom. The lowest BCUT2D eigenvalue weighted by Crippen LogP contribution is -2.57. The van der Waals surface area contributed by atoms with E-state index in [1.807, 2.05) is 11.9 Å². The smallest absolute Gasteiger partial charge is 0.222 e. The van der Waals surface area contributed by atoms with Crippen molar-refractivity contribution < 1.29 is 14.6 Å². The number of halogens is 2. The van der Waals surface area contributed by atoms with Crippen molar-refractivity contribution in [2.24, 2.45) is 5.41 Å². The molecule has 0 unspecified atom stereocenters. The highest BCUT2D eigenvalue weighted by molar-refractivity contribution is 6.35. The number of ether oxygens (including phenoxy) is 1. The molecule has 144 valence electrons. The Morgan fingerprint density at radius 2 is 1.85 bits per heavy atom. The minimum atomic E-state index is -0.00561. The van der Waals surface area contributed by atoms with Crippen LogP contribution in [0.5, 0.6) is 5.75 Å². The predicted molar refractivity (Wildman–Crippen MR) is 104 cm³/mol. The fourth-order valence-electron chi connectivity index (χ4n) is 4.41. The quantitative estimate of drug-likeness (QED) is 0.676. The second-order valence-electron chi connectivity index (χ2n) is 7.86. The summed E-state index contributed by atoms with van der Waals surface area (Å²) in [5.74, 6) is 0.768. The van der Waals surface area contributed by atoms with Crippen molar-refractivity contribution in [3.05, 3.63) is 28.2 Å². The van der Waals surface area contributed by atoms with Gasteiger partial charge in [0, 0.05) is 30.6 Å². The first-order chi connectivity index (χ1) is 12.4. The summed E-state index contributed by atoms with van der Waals surface area (Å²) in [7, 11) is 1.94. The van der Waals surface area contributed by atoms with E-state index < -0.39 is 0 Å². The number of fused-ring (bicyclic) bond motifs is 3. The van der Waals surface area contributed by atoms with Gasteiger partial charge >= 0.3 is 0 Å². The minimum absolute atomic E-state index is 0.00561. The lowest BCUT2D eigenvalue weighted by atomic mass is 9.57. The highest BCUT2D eigenvalue weighted by Crippen LogP contribution is 2.54. The third-order valence-corrected chi connectivity index (χ3v) is 7.00. The van der Waals surface area contributed by atoms with Crippen molar-refractivity contribution in [1.29, 1.82) is 0 Å². The summed E-state index contributed by atoms with van der Waals surface area (Å²) in [5.41, 5.74) is 0.117. The largest absolute Gasteiger partial charge is 0.492 e. The van der Waals surface area contributed by atoms with E-state index in [2.05, 4.69) is 0 Å². The summed E-state index contributed by atoms with van der Waals surface area (Å²) < 4.78 is 5.67. The molecule has 0 heterocycles.